The number of carbonyl (C=O) groups is 1. The molecule has 146 valence electrons. The number of benzene rings is 2. The Labute approximate surface area is 165 Å². The standard InChI is InChI=1S/C21H23N3O3S/c1-28(26,27)24(14-11-17-5-3-2-4-6-17)15-20(25)23-19-9-7-18(8-10-19)21(16-22)12-13-21/h2-10H,11-15H2,1H3,(H,23,25). The fourth-order valence-corrected chi connectivity index (χ4v) is 3.86. The molecule has 1 fully saturated rings. The van der Waals surface area contributed by atoms with Crippen LogP contribution in [0.15, 0.2) is 54.6 Å². The van der Waals surface area contributed by atoms with E-state index in [1.165, 1.54) is 4.31 Å². The van der Waals surface area contributed by atoms with Crippen molar-refractivity contribution in [2.75, 3.05) is 24.7 Å². The number of sulfonamides is 1. The number of anilines is 1. The van der Waals surface area contributed by atoms with Crippen LogP contribution in [0.4, 0.5) is 5.69 Å². The van der Waals surface area contributed by atoms with Gasteiger partial charge in [-0.3, -0.25) is 4.79 Å². The first-order valence-electron chi connectivity index (χ1n) is 9.13. The highest BCUT2D eigenvalue weighted by Gasteiger charge is 2.44. The molecule has 0 bridgehead atoms. The maximum atomic E-state index is 12.4. The van der Waals surface area contributed by atoms with Crippen molar-refractivity contribution in [1.29, 1.82) is 5.26 Å². The molecule has 0 radical (unpaired) electrons. The number of hydrogen-bond donors (Lipinski definition) is 1. The van der Waals surface area contributed by atoms with Gasteiger partial charge in [0.25, 0.3) is 0 Å². The number of nitriles is 1. The van der Waals surface area contributed by atoms with Gasteiger partial charge < -0.3 is 5.32 Å². The van der Waals surface area contributed by atoms with Crippen LogP contribution in [0.3, 0.4) is 0 Å². The third kappa shape index (κ3) is 4.97. The molecule has 3 rings (SSSR count). The van der Waals surface area contributed by atoms with E-state index >= 15 is 0 Å². The molecule has 0 aromatic heterocycles. The van der Waals surface area contributed by atoms with Crippen molar-refractivity contribution in [2.24, 2.45) is 0 Å². The predicted molar refractivity (Wildman–Crippen MR) is 108 cm³/mol. The normalized spacial score (nSPS) is 15.0. The van der Waals surface area contributed by atoms with E-state index in [0.29, 0.717) is 12.1 Å². The molecule has 2 aromatic rings. The molecule has 1 amide bonds. The number of nitrogens with one attached hydrogen (secondary N) is 1. The molecule has 0 spiro atoms. The smallest absolute Gasteiger partial charge is 0.239 e. The summed E-state index contributed by atoms with van der Waals surface area (Å²) in [4.78, 5) is 12.4. The summed E-state index contributed by atoms with van der Waals surface area (Å²) in [6.45, 7) is -0.00452. The molecule has 0 aliphatic heterocycles. The highest BCUT2D eigenvalue weighted by atomic mass is 32.2. The van der Waals surface area contributed by atoms with Gasteiger partial charge in [-0.1, -0.05) is 42.5 Å². The highest BCUT2D eigenvalue weighted by Crippen LogP contribution is 2.47. The molecule has 1 aliphatic rings. The Bertz CT molecular complexity index is 976. The van der Waals surface area contributed by atoms with Crippen LogP contribution < -0.4 is 5.32 Å². The fraction of sp³-hybridized carbons (Fsp3) is 0.333. The summed E-state index contributed by atoms with van der Waals surface area (Å²) in [6.07, 6.45) is 3.36. The van der Waals surface area contributed by atoms with Crippen molar-refractivity contribution in [3.63, 3.8) is 0 Å². The van der Waals surface area contributed by atoms with Crippen LogP contribution in [0, 0.1) is 11.3 Å². The van der Waals surface area contributed by atoms with Crippen LogP contribution >= 0.6 is 0 Å². The zero-order valence-corrected chi connectivity index (χ0v) is 16.6. The second-order valence-corrected chi connectivity index (χ2v) is 9.13. The van der Waals surface area contributed by atoms with Crippen LogP contribution in [0.25, 0.3) is 0 Å². The lowest BCUT2D eigenvalue weighted by atomic mass is 9.98. The third-order valence-electron chi connectivity index (χ3n) is 4.97. The van der Waals surface area contributed by atoms with E-state index in [0.717, 1.165) is 30.2 Å². The van der Waals surface area contributed by atoms with Crippen molar-refractivity contribution < 1.29 is 13.2 Å². The Morgan fingerprint density at radius 1 is 1.14 bits per heavy atom. The topological polar surface area (TPSA) is 90.3 Å². The molecule has 0 unspecified atom stereocenters. The quantitative estimate of drug-likeness (QED) is 0.741. The van der Waals surface area contributed by atoms with Crippen LogP contribution in [-0.4, -0.2) is 38.0 Å². The summed E-state index contributed by atoms with van der Waals surface area (Å²) in [5.41, 5.74) is 2.18. The monoisotopic (exact) mass is 397 g/mol. The zero-order chi connectivity index (χ0) is 20.2. The SMILES string of the molecule is CS(=O)(=O)N(CCc1ccccc1)CC(=O)Nc1ccc(C2(C#N)CC2)cc1. The zero-order valence-electron chi connectivity index (χ0n) is 15.8. The van der Waals surface area contributed by atoms with Gasteiger partial charge in [-0.2, -0.15) is 9.57 Å². The van der Waals surface area contributed by atoms with Gasteiger partial charge in [0.05, 0.1) is 24.3 Å². The van der Waals surface area contributed by atoms with E-state index in [1.54, 1.807) is 12.1 Å². The van der Waals surface area contributed by atoms with Gasteiger partial charge in [0.2, 0.25) is 15.9 Å². The van der Waals surface area contributed by atoms with Gasteiger partial charge in [-0.15, -0.1) is 0 Å². The Kier molecular flexibility index (Phi) is 5.82. The van der Waals surface area contributed by atoms with Gasteiger partial charge >= 0.3 is 0 Å². The van der Waals surface area contributed by atoms with E-state index in [1.807, 2.05) is 42.5 Å². The maximum absolute atomic E-state index is 12.4. The summed E-state index contributed by atoms with van der Waals surface area (Å²) < 4.78 is 25.3. The Morgan fingerprint density at radius 3 is 2.32 bits per heavy atom. The van der Waals surface area contributed by atoms with Crippen LogP contribution in [0.1, 0.15) is 24.0 Å². The summed E-state index contributed by atoms with van der Waals surface area (Å²) >= 11 is 0. The van der Waals surface area contributed by atoms with Gasteiger partial charge in [-0.25, -0.2) is 8.42 Å². The van der Waals surface area contributed by atoms with Crippen LogP contribution in [0.5, 0.6) is 0 Å². The molecular weight excluding hydrogens is 374 g/mol. The second-order valence-electron chi connectivity index (χ2n) is 7.15. The number of amides is 1. The van der Waals surface area contributed by atoms with Crippen molar-refractivity contribution in [3.8, 4) is 6.07 Å². The molecule has 1 aliphatic carbocycles. The average Bonchev–Trinajstić information content (AvgIpc) is 3.47. The van der Waals surface area contributed by atoms with E-state index in [-0.39, 0.29) is 18.5 Å². The predicted octanol–water partition coefficient (Wildman–Crippen LogP) is 2.68. The third-order valence-corrected chi connectivity index (χ3v) is 6.22. The first-order chi connectivity index (χ1) is 13.3. The lowest BCUT2D eigenvalue weighted by Gasteiger charge is -2.19. The molecule has 0 saturated heterocycles. The molecular formula is C21H23N3O3S. The molecule has 0 atom stereocenters. The summed E-state index contributed by atoms with van der Waals surface area (Å²) in [7, 11) is -3.51. The largest absolute Gasteiger partial charge is 0.325 e. The van der Waals surface area contributed by atoms with Crippen LogP contribution in [0.2, 0.25) is 0 Å². The average molecular weight is 398 g/mol. The molecule has 1 N–H and O–H groups in total. The molecule has 7 heteroatoms. The number of hydrogen-bond acceptors (Lipinski definition) is 4. The van der Waals surface area contributed by atoms with Crippen molar-refractivity contribution in [3.05, 3.63) is 65.7 Å². The highest BCUT2D eigenvalue weighted by molar-refractivity contribution is 7.88. The van der Waals surface area contributed by atoms with E-state index in [2.05, 4.69) is 11.4 Å². The fourth-order valence-electron chi connectivity index (χ4n) is 3.08. The van der Waals surface area contributed by atoms with Gasteiger partial charge in [0.15, 0.2) is 0 Å². The van der Waals surface area contributed by atoms with Gasteiger partial charge in [0.1, 0.15) is 0 Å². The summed E-state index contributed by atoms with van der Waals surface area (Å²) in [6, 6.07) is 19.1. The Hall–Kier alpha value is -2.69. The van der Waals surface area contributed by atoms with E-state index in [9.17, 15) is 18.5 Å². The minimum atomic E-state index is -3.51. The second kappa shape index (κ2) is 8.13. The minimum Gasteiger partial charge on any atom is -0.325 e. The van der Waals surface area contributed by atoms with E-state index < -0.39 is 15.9 Å². The molecule has 2 aromatic carbocycles. The van der Waals surface area contributed by atoms with Gasteiger partial charge in [-0.05, 0) is 42.5 Å². The number of rotatable bonds is 8. The Morgan fingerprint density at radius 2 is 1.79 bits per heavy atom. The summed E-state index contributed by atoms with van der Waals surface area (Å²) in [5, 5.41) is 12.0. The van der Waals surface area contributed by atoms with Gasteiger partial charge in [0, 0.05) is 12.2 Å². The molecule has 0 heterocycles. The van der Waals surface area contributed by atoms with E-state index in [4.69, 9.17) is 0 Å². The first kappa shape index (κ1) is 20.1. The number of carbonyl (C=O) groups excluding carboxylic acids is 1. The lowest BCUT2D eigenvalue weighted by Crippen LogP contribution is -2.38. The lowest BCUT2D eigenvalue weighted by molar-refractivity contribution is -0.116. The molecule has 6 nitrogen and oxygen atoms in total. The Balaban J connectivity index is 1.60. The summed E-state index contributed by atoms with van der Waals surface area (Å²) in [5.74, 6) is -0.396. The minimum absolute atomic E-state index is 0.236. The number of nitrogens with zero attached hydrogens (tertiary/aromatic N) is 2. The molecule has 1 saturated carbocycles. The van der Waals surface area contributed by atoms with Crippen LogP contribution in [-0.2, 0) is 26.7 Å². The van der Waals surface area contributed by atoms with Crippen molar-refractivity contribution in [2.45, 2.75) is 24.7 Å². The van der Waals surface area contributed by atoms with Crippen molar-refractivity contribution >= 4 is 21.6 Å². The first-order valence-corrected chi connectivity index (χ1v) is 11.0. The maximum Gasteiger partial charge on any atom is 0.239 e. The van der Waals surface area contributed by atoms with Crippen molar-refractivity contribution in [1.82, 2.24) is 4.31 Å². The molecule has 28 heavy (non-hydrogen) atoms.